The molecule has 0 radical (unpaired) electrons. The summed E-state index contributed by atoms with van der Waals surface area (Å²) in [6, 6.07) is 6.80. The Bertz CT molecular complexity index is 466. The summed E-state index contributed by atoms with van der Waals surface area (Å²) in [5, 5.41) is 0. The zero-order chi connectivity index (χ0) is 15.4. The molecule has 1 aromatic rings. The summed E-state index contributed by atoms with van der Waals surface area (Å²) >= 11 is 0. The maximum Gasteiger partial charge on any atom is 0.223 e. The van der Waals surface area contributed by atoms with Crippen molar-refractivity contribution < 1.29 is 9.18 Å². The quantitative estimate of drug-likeness (QED) is 0.852. The maximum atomic E-state index is 12.9. The lowest BCUT2D eigenvalue weighted by atomic mass is 9.96. The van der Waals surface area contributed by atoms with Crippen molar-refractivity contribution in [3.8, 4) is 0 Å². The van der Waals surface area contributed by atoms with Gasteiger partial charge in [-0.1, -0.05) is 19.1 Å². The van der Waals surface area contributed by atoms with Crippen LogP contribution in [0.1, 0.15) is 37.7 Å². The van der Waals surface area contributed by atoms with Crippen molar-refractivity contribution in [1.29, 1.82) is 0 Å². The van der Waals surface area contributed by atoms with Crippen LogP contribution in [0.4, 0.5) is 4.39 Å². The molecule has 0 bridgehead atoms. The first-order valence-electron chi connectivity index (χ1n) is 7.67. The van der Waals surface area contributed by atoms with Crippen molar-refractivity contribution in [2.24, 2.45) is 0 Å². The van der Waals surface area contributed by atoms with Crippen LogP contribution in [0.2, 0.25) is 0 Å². The lowest BCUT2D eigenvalue weighted by Gasteiger charge is -2.35. The number of hydrogen-bond donors (Lipinski definition) is 0. The fourth-order valence-electron chi connectivity index (χ4n) is 2.90. The molecule has 3 nitrogen and oxygen atoms in total. The number of benzene rings is 1. The first kappa shape index (κ1) is 16.0. The van der Waals surface area contributed by atoms with E-state index in [1.165, 1.54) is 12.1 Å². The van der Waals surface area contributed by atoms with Gasteiger partial charge in [-0.2, -0.15) is 0 Å². The van der Waals surface area contributed by atoms with Gasteiger partial charge >= 0.3 is 0 Å². The van der Waals surface area contributed by atoms with Crippen molar-refractivity contribution in [3.63, 3.8) is 0 Å². The Morgan fingerprint density at radius 1 is 1.33 bits per heavy atom. The molecule has 1 amide bonds. The number of rotatable bonds is 4. The number of hydrogen-bond acceptors (Lipinski definition) is 2. The fraction of sp³-hybridized carbons (Fsp3) is 0.588. The molecule has 1 aliphatic heterocycles. The standard InChI is InChI=1S/C17H25FN2O/c1-13(14-4-6-15(18)7-5-14)12-17(21)20(3)16-8-10-19(2)11-9-16/h4-7,13,16H,8-12H2,1-3H3/t13-/m0/s1. The first-order valence-corrected chi connectivity index (χ1v) is 7.67. The minimum atomic E-state index is -0.235. The van der Waals surface area contributed by atoms with E-state index in [-0.39, 0.29) is 17.6 Å². The van der Waals surface area contributed by atoms with E-state index in [2.05, 4.69) is 11.9 Å². The third-order valence-electron chi connectivity index (χ3n) is 4.55. The molecule has 1 saturated heterocycles. The van der Waals surface area contributed by atoms with Crippen LogP contribution < -0.4 is 0 Å². The van der Waals surface area contributed by atoms with E-state index in [0.29, 0.717) is 12.5 Å². The second kappa shape index (κ2) is 7.03. The third-order valence-corrected chi connectivity index (χ3v) is 4.55. The Morgan fingerprint density at radius 3 is 2.48 bits per heavy atom. The highest BCUT2D eigenvalue weighted by Crippen LogP contribution is 2.22. The van der Waals surface area contributed by atoms with E-state index in [0.717, 1.165) is 31.5 Å². The topological polar surface area (TPSA) is 23.6 Å². The van der Waals surface area contributed by atoms with Gasteiger partial charge in [0, 0.05) is 19.5 Å². The van der Waals surface area contributed by atoms with Gasteiger partial charge in [0.25, 0.3) is 0 Å². The number of carbonyl (C=O) groups excluding carboxylic acids is 1. The van der Waals surface area contributed by atoms with Gasteiger partial charge in [0.1, 0.15) is 5.82 Å². The molecule has 0 aliphatic carbocycles. The van der Waals surface area contributed by atoms with E-state index < -0.39 is 0 Å². The van der Waals surface area contributed by atoms with Crippen molar-refractivity contribution in [2.45, 2.75) is 38.1 Å². The Kier molecular flexibility index (Phi) is 5.34. The highest BCUT2D eigenvalue weighted by molar-refractivity contribution is 5.77. The van der Waals surface area contributed by atoms with Crippen LogP contribution in [0.3, 0.4) is 0 Å². The third kappa shape index (κ3) is 4.27. The molecule has 0 saturated carbocycles. The largest absolute Gasteiger partial charge is 0.343 e. The second-order valence-corrected chi connectivity index (χ2v) is 6.20. The second-order valence-electron chi connectivity index (χ2n) is 6.20. The van der Waals surface area contributed by atoms with Gasteiger partial charge in [-0.25, -0.2) is 4.39 Å². The van der Waals surface area contributed by atoms with Crippen LogP contribution in [-0.4, -0.2) is 48.9 Å². The van der Waals surface area contributed by atoms with Gasteiger partial charge in [0.2, 0.25) is 5.91 Å². The molecule has 0 N–H and O–H groups in total. The summed E-state index contributed by atoms with van der Waals surface area (Å²) in [6.45, 7) is 4.12. The van der Waals surface area contributed by atoms with Crippen LogP contribution in [0, 0.1) is 5.82 Å². The molecule has 116 valence electrons. The summed E-state index contributed by atoms with van der Waals surface area (Å²) in [6.07, 6.45) is 2.57. The Labute approximate surface area is 126 Å². The van der Waals surface area contributed by atoms with Crippen molar-refractivity contribution >= 4 is 5.91 Å². The van der Waals surface area contributed by atoms with Crippen molar-refractivity contribution in [3.05, 3.63) is 35.6 Å². The number of likely N-dealkylation sites (tertiary alicyclic amines) is 1. The highest BCUT2D eigenvalue weighted by Gasteiger charge is 2.25. The lowest BCUT2D eigenvalue weighted by molar-refractivity contribution is -0.133. The molecule has 1 fully saturated rings. The van der Waals surface area contributed by atoms with Crippen LogP contribution >= 0.6 is 0 Å². The van der Waals surface area contributed by atoms with Crippen molar-refractivity contribution in [2.75, 3.05) is 27.2 Å². The van der Waals surface area contributed by atoms with Gasteiger partial charge in [-0.05, 0) is 56.6 Å². The molecular weight excluding hydrogens is 267 g/mol. The first-order chi connectivity index (χ1) is 9.97. The van der Waals surface area contributed by atoms with E-state index in [1.54, 1.807) is 12.1 Å². The molecule has 0 spiro atoms. The smallest absolute Gasteiger partial charge is 0.223 e. The highest BCUT2D eigenvalue weighted by atomic mass is 19.1. The molecule has 0 aromatic heterocycles. The number of halogens is 1. The zero-order valence-electron chi connectivity index (χ0n) is 13.2. The molecular formula is C17H25FN2O. The summed E-state index contributed by atoms with van der Waals surface area (Å²) in [5.74, 6) is 0.0638. The summed E-state index contributed by atoms with van der Waals surface area (Å²) in [4.78, 5) is 16.6. The molecule has 4 heteroatoms. The predicted octanol–water partition coefficient (Wildman–Crippen LogP) is 2.87. The predicted molar refractivity (Wildman–Crippen MR) is 82.7 cm³/mol. The number of nitrogens with zero attached hydrogens (tertiary/aromatic N) is 2. The minimum absolute atomic E-state index is 0.117. The van der Waals surface area contributed by atoms with Gasteiger partial charge < -0.3 is 9.80 Å². The van der Waals surface area contributed by atoms with Gasteiger partial charge in [0.15, 0.2) is 0 Å². The molecule has 21 heavy (non-hydrogen) atoms. The SMILES string of the molecule is C[C@@H](CC(=O)N(C)C1CCN(C)CC1)c1ccc(F)cc1. The van der Waals surface area contributed by atoms with Gasteiger partial charge in [-0.3, -0.25) is 4.79 Å². The van der Waals surface area contributed by atoms with Gasteiger partial charge in [-0.15, -0.1) is 0 Å². The molecule has 1 aliphatic rings. The maximum absolute atomic E-state index is 12.9. The molecule has 0 unspecified atom stereocenters. The lowest BCUT2D eigenvalue weighted by Crippen LogP contribution is -2.44. The van der Waals surface area contributed by atoms with E-state index in [9.17, 15) is 9.18 Å². The van der Waals surface area contributed by atoms with E-state index >= 15 is 0 Å². The summed E-state index contributed by atoms with van der Waals surface area (Å²) in [7, 11) is 4.03. The normalized spacial score (nSPS) is 18.5. The van der Waals surface area contributed by atoms with Gasteiger partial charge in [0.05, 0.1) is 0 Å². The number of carbonyl (C=O) groups is 1. The van der Waals surface area contributed by atoms with Crippen molar-refractivity contribution in [1.82, 2.24) is 9.80 Å². The van der Waals surface area contributed by atoms with Crippen LogP contribution in [0.5, 0.6) is 0 Å². The monoisotopic (exact) mass is 292 g/mol. The average Bonchev–Trinajstić information content (AvgIpc) is 2.47. The van der Waals surface area contributed by atoms with Crippen LogP contribution in [0.25, 0.3) is 0 Å². The minimum Gasteiger partial charge on any atom is -0.343 e. The Balaban J connectivity index is 1.89. The zero-order valence-corrected chi connectivity index (χ0v) is 13.2. The Hall–Kier alpha value is -1.42. The van der Waals surface area contributed by atoms with E-state index in [4.69, 9.17) is 0 Å². The van der Waals surface area contributed by atoms with Crippen LogP contribution in [0.15, 0.2) is 24.3 Å². The number of piperidine rings is 1. The summed E-state index contributed by atoms with van der Waals surface area (Å²) < 4.78 is 12.9. The average molecular weight is 292 g/mol. The van der Waals surface area contributed by atoms with Crippen LogP contribution in [-0.2, 0) is 4.79 Å². The molecule has 1 heterocycles. The molecule has 2 rings (SSSR count). The van der Waals surface area contributed by atoms with E-state index in [1.807, 2.05) is 18.9 Å². The molecule has 1 atom stereocenters. The Morgan fingerprint density at radius 2 is 1.90 bits per heavy atom. The molecule has 1 aromatic carbocycles. The summed E-state index contributed by atoms with van der Waals surface area (Å²) in [5.41, 5.74) is 1.02. The number of amides is 1. The fourth-order valence-corrected chi connectivity index (χ4v) is 2.90.